The lowest BCUT2D eigenvalue weighted by Crippen LogP contribution is -2.46. The quantitative estimate of drug-likeness (QED) is 0.421. The molecule has 114 valence electrons. The van der Waals surface area contributed by atoms with Crippen molar-refractivity contribution in [2.75, 3.05) is 33.2 Å². The maximum absolute atomic E-state index is 4.27. The summed E-state index contributed by atoms with van der Waals surface area (Å²) >= 11 is 0. The van der Waals surface area contributed by atoms with Crippen LogP contribution in [0, 0.1) is 5.92 Å². The van der Waals surface area contributed by atoms with E-state index in [0.29, 0.717) is 12.0 Å². The van der Waals surface area contributed by atoms with Gasteiger partial charge in [-0.05, 0) is 38.3 Å². The molecule has 5 heteroatoms. The third kappa shape index (κ3) is 7.34. The fraction of sp³-hybridized carbons (Fsp3) is 0.929. The van der Waals surface area contributed by atoms with Gasteiger partial charge in [0.2, 0.25) is 0 Å². The molecule has 0 aromatic heterocycles. The fourth-order valence-corrected chi connectivity index (χ4v) is 2.37. The van der Waals surface area contributed by atoms with Crippen molar-refractivity contribution in [3.63, 3.8) is 0 Å². The number of likely N-dealkylation sites (tertiary alicyclic amines) is 1. The SMILES string of the molecule is CCC(CNC(=NC)NCC(C)C)N1CCCC1.I. The van der Waals surface area contributed by atoms with Crippen LogP contribution >= 0.6 is 24.0 Å². The largest absolute Gasteiger partial charge is 0.356 e. The Morgan fingerprint density at radius 3 is 2.21 bits per heavy atom. The number of hydrogen-bond donors (Lipinski definition) is 2. The molecular formula is C14H31IN4. The lowest BCUT2D eigenvalue weighted by molar-refractivity contribution is 0.236. The predicted octanol–water partition coefficient (Wildman–Crippen LogP) is 2.30. The molecule has 1 unspecified atom stereocenters. The third-order valence-corrected chi connectivity index (χ3v) is 3.53. The zero-order chi connectivity index (χ0) is 13.4. The van der Waals surface area contributed by atoms with Crippen LogP contribution in [0.3, 0.4) is 0 Å². The van der Waals surface area contributed by atoms with Gasteiger partial charge in [-0.25, -0.2) is 0 Å². The number of rotatable bonds is 6. The molecule has 0 spiro atoms. The lowest BCUT2D eigenvalue weighted by Gasteiger charge is -2.27. The molecule has 1 atom stereocenters. The second-order valence-corrected chi connectivity index (χ2v) is 5.53. The predicted molar refractivity (Wildman–Crippen MR) is 94.5 cm³/mol. The molecular weight excluding hydrogens is 351 g/mol. The van der Waals surface area contributed by atoms with Gasteiger partial charge in [-0.2, -0.15) is 0 Å². The van der Waals surface area contributed by atoms with E-state index in [2.05, 4.69) is 41.3 Å². The molecule has 0 radical (unpaired) electrons. The Hall–Kier alpha value is -0.0400. The monoisotopic (exact) mass is 382 g/mol. The van der Waals surface area contributed by atoms with Crippen LogP contribution in [0.4, 0.5) is 0 Å². The first-order valence-electron chi connectivity index (χ1n) is 7.36. The van der Waals surface area contributed by atoms with Gasteiger partial charge in [0.15, 0.2) is 5.96 Å². The van der Waals surface area contributed by atoms with Gasteiger partial charge in [0.25, 0.3) is 0 Å². The van der Waals surface area contributed by atoms with Crippen molar-refractivity contribution in [2.45, 2.75) is 46.1 Å². The summed E-state index contributed by atoms with van der Waals surface area (Å²) in [5.74, 6) is 1.57. The Bertz CT molecular complexity index is 250. The molecule has 0 amide bonds. The second kappa shape index (κ2) is 10.7. The lowest BCUT2D eigenvalue weighted by atomic mass is 10.2. The molecule has 1 rings (SSSR count). The Morgan fingerprint density at radius 1 is 1.16 bits per heavy atom. The van der Waals surface area contributed by atoms with Crippen LogP contribution < -0.4 is 10.6 Å². The number of nitrogens with zero attached hydrogens (tertiary/aromatic N) is 2. The molecule has 0 aromatic rings. The molecule has 2 N–H and O–H groups in total. The first-order valence-corrected chi connectivity index (χ1v) is 7.36. The number of hydrogen-bond acceptors (Lipinski definition) is 2. The normalized spacial score (nSPS) is 18.3. The second-order valence-electron chi connectivity index (χ2n) is 5.53. The molecule has 4 nitrogen and oxygen atoms in total. The minimum absolute atomic E-state index is 0. The highest BCUT2D eigenvalue weighted by Gasteiger charge is 2.20. The van der Waals surface area contributed by atoms with Gasteiger partial charge in [-0.1, -0.05) is 20.8 Å². The molecule has 1 saturated heterocycles. The molecule has 1 fully saturated rings. The van der Waals surface area contributed by atoms with Gasteiger partial charge in [-0.3, -0.25) is 9.89 Å². The van der Waals surface area contributed by atoms with Crippen molar-refractivity contribution in [1.82, 2.24) is 15.5 Å². The highest BCUT2D eigenvalue weighted by Crippen LogP contribution is 2.13. The van der Waals surface area contributed by atoms with Crippen LogP contribution in [0.2, 0.25) is 0 Å². The van der Waals surface area contributed by atoms with E-state index >= 15 is 0 Å². The maximum atomic E-state index is 4.27. The summed E-state index contributed by atoms with van der Waals surface area (Å²) in [5, 5.41) is 6.81. The van der Waals surface area contributed by atoms with E-state index in [0.717, 1.165) is 19.0 Å². The summed E-state index contributed by atoms with van der Waals surface area (Å²) in [5.41, 5.74) is 0. The Kier molecular flexibility index (Phi) is 10.7. The van der Waals surface area contributed by atoms with E-state index in [9.17, 15) is 0 Å². The van der Waals surface area contributed by atoms with Gasteiger partial charge >= 0.3 is 0 Å². The van der Waals surface area contributed by atoms with Gasteiger partial charge < -0.3 is 10.6 Å². The van der Waals surface area contributed by atoms with Crippen LogP contribution in [-0.2, 0) is 0 Å². The molecule has 0 saturated carbocycles. The van der Waals surface area contributed by atoms with Crippen molar-refractivity contribution < 1.29 is 0 Å². The highest BCUT2D eigenvalue weighted by atomic mass is 127. The third-order valence-electron chi connectivity index (χ3n) is 3.53. The van der Waals surface area contributed by atoms with Crippen molar-refractivity contribution in [1.29, 1.82) is 0 Å². The zero-order valence-corrected chi connectivity index (χ0v) is 15.2. The summed E-state index contributed by atoms with van der Waals surface area (Å²) in [6.07, 6.45) is 3.92. The van der Waals surface area contributed by atoms with E-state index < -0.39 is 0 Å². The smallest absolute Gasteiger partial charge is 0.191 e. The number of nitrogens with one attached hydrogen (secondary N) is 2. The highest BCUT2D eigenvalue weighted by molar-refractivity contribution is 14.0. The summed E-state index contributed by atoms with van der Waals surface area (Å²) < 4.78 is 0. The summed E-state index contributed by atoms with van der Waals surface area (Å²) in [7, 11) is 1.84. The number of aliphatic imine (C=N–C) groups is 1. The van der Waals surface area contributed by atoms with Gasteiger partial charge in [0.05, 0.1) is 0 Å². The Balaban J connectivity index is 0.00000324. The van der Waals surface area contributed by atoms with Crippen molar-refractivity contribution >= 4 is 29.9 Å². The summed E-state index contributed by atoms with van der Waals surface area (Å²) in [6.45, 7) is 11.2. The van der Waals surface area contributed by atoms with Crippen molar-refractivity contribution in [3.8, 4) is 0 Å². The van der Waals surface area contributed by atoms with E-state index in [1.165, 1.54) is 32.4 Å². The van der Waals surface area contributed by atoms with E-state index in [1.54, 1.807) is 0 Å². The van der Waals surface area contributed by atoms with E-state index in [1.807, 2.05) is 7.05 Å². The van der Waals surface area contributed by atoms with Crippen LogP contribution in [0.5, 0.6) is 0 Å². The van der Waals surface area contributed by atoms with Crippen LogP contribution in [0.15, 0.2) is 4.99 Å². The number of halogens is 1. The van der Waals surface area contributed by atoms with Gasteiger partial charge in [-0.15, -0.1) is 24.0 Å². The Labute approximate surface area is 135 Å². The van der Waals surface area contributed by atoms with Gasteiger partial charge in [0.1, 0.15) is 0 Å². The van der Waals surface area contributed by atoms with Gasteiger partial charge in [0, 0.05) is 26.2 Å². The van der Waals surface area contributed by atoms with E-state index in [-0.39, 0.29) is 24.0 Å². The van der Waals surface area contributed by atoms with Crippen LogP contribution in [0.1, 0.15) is 40.0 Å². The molecule has 19 heavy (non-hydrogen) atoms. The molecule has 0 aromatic carbocycles. The average molecular weight is 382 g/mol. The first kappa shape index (κ1) is 19.0. The van der Waals surface area contributed by atoms with Crippen molar-refractivity contribution in [3.05, 3.63) is 0 Å². The standard InChI is InChI=1S/C14H30N4.HI/c1-5-13(18-8-6-7-9-18)11-17-14(15-4)16-10-12(2)3;/h12-13H,5-11H2,1-4H3,(H2,15,16,17);1H. The molecule has 0 aliphatic carbocycles. The van der Waals surface area contributed by atoms with Crippen LogP contribution in [0.25, 0.3) is 0 Å². The fourth-order valence-electron chi connectivity index (χ4n) is 2.37. The van der Waals surface area contributed by atoms with E-state index in [4.69, 9.17) is 0 Å². The maximum Gasteiger partial charge on any atom is 0.191 e. The molecule has 0 bridgehead atoms. The Morgan fingerprint density at radius 2 is 1.74 bits per heavy atom. The minimum atomic E-state index is 0. The molecule has 1 aliphatic rings. The van der Waals surface area contributed by atoms with Crippen LogP contribution in [-0.4, -0.2) is 50.1 Å². The summed E-state index contributed by atoms with van der Waals surface area (Å²) in [4.78, 5) is 6.87. The van der Waals surface area contributed by atoms with Crippen molar-refractivity contribution in [2.24, 2.45) is 10.9 Å². The topological polar surface area (TPSA) is 39.7 Å². The first-order chi connectivity index (χ1) is 8.67. The minimum Gasteiger partial charge on any atom is -0.356 e. The molecule has 1 heterocycles. The molecule has 1 aliphatic heterocycles. The summed E-state index contributed by atoms with van der Waals surface area (Å²) in [6, 6.07) is 0.644. The average Bonchev–Trinajstić information content (AvgIpc) is 2.87. The number of guanidine groups is 1. The zero-order valence-electron chi connectivity index (χ0n) is 12.9.